The van der Waals surface area contributed by atoms with Gasteiger partial charge in [-0.2, -0.15) is 57.7 Å². The minimum atomic E-state index is 0. The molecule has 0 unspecified atom stereocenters. The standard InChI is InChI=1S/C22H18N4.Pt/c1-3-17-7-9-19-12-14-26(24-19)22-6-2-4-18(16-22)8-10-20-11-13-25(23-20)21(5-1)15-17;/h1-6,11-14H,7-10H2;/q-2;+2. The SMILES string of the molecule is [Pt+2].[c-]1c2cccc1-n1ccc(n1)CCc1[c-]c(ccc1)-n1ccc(n1)CC2. The Morgan fingerprint density at radius 3 is 1.59 bits per heavy atom. The van der Waals surface area contributed by atoms with E-state index in [-0.39, 0.29) is 21.1 Å². The van der Waals surface area contributed by atoms with Crippen LogP contribution in [0.3, 0.4) is 0 Å². The van der Waals surface area contributed by atoms with E-state index in [0.29, 0.717) is 0 Å². The van der Waals surface area contributed by atoms with Gasteiger partial charge in [-0.15, -0.1) is 12.1 Å². The van der Waals surface area contributed by atoms with Crippen LogP contribution in [0.25, 0.3) is 11.4 Å². The molecule has 0 amide bonds. The molecule has 0 atom stereocenters. The molecule has 136 valence electrons. The Labute approximate surface area is 173 Å². The smallest absolute Gasteiger partial charge is 0.265 e. The van der Waals surface area contributed by atoms with Gasteiger partial charge in [-0.25, -0.2) is 0 Å². The van der Waals surface area contributed by atoms with Crippen molar-refractivity contribution in [3.63, 3.8) is 0 Å². The zero-order chi connectivity index (χ0) is 17.3. The van der Waals surface area contributed by atoms with Crippen molar-refractivity contribution in [2.75, 3.05) is 0 Å². The van der Waals surface area contributed by atoms with E-state index in [1.165, 1.54) is 11.1 Å². The maximum absolute atomic E-state index is 4.72. The van der Waals surface area contributed by atoms with Gasteiger partial charge in [0.15, 0.2) is 0 Å². The Balaban J connectivity index is 0.00000180. The molecular formula is C22H18N4Pt. The summed E-state index contributed by atoms with van der Waals surface area (Å²) in [5.74, 6) is 0. The monoisotopic (exact) mass is 533 g/mol. The second-order valence-corrected chi connectivity index (χ2v) is 6.63. The van der Waals surface area contributed by atoms with Gasteiger partial charge < -0.3 is 0 Å². The molecule has 0 saturated carbocycles. The number of nitrogens with zero attached hydrogens (tertiary/aromatic N) is 4. The first-order valence-electron chi connectivity index (χ1n) is 8.96. The van der Waals surface area contributed by atoms with Crippen LogP contribution in [0.1, 0.15) is 22.5 Å². The molecule has 0 N–H and O–H groups in total. The Morgan fingerprint density at radius 1 is 0.630 bits per heavy atom. The predicted octanol–water partition coefficient (Wildman–Crippen LogP) is 3.54. The van der Waals surface area contributed by atoms with Crippen LogP contribution < -0.4 is 0 Å². The Morgan fingerprint density at radius 2 is 1.11 bits per heavy atom. The van der Waals surface area contributed by atoms with Crippen molar-refractivity contribution in [2.45, 2.75) is 25.7 Å². The van der Waals surface area contributed by atoms with E-state index in [0.717, 1.165) is 48.4 Å². The molecule has 5 rings (SSSR count). The largest absolute Gasteiger partial charge is 2.00 e. The molecule has 0 spiro atoms. The van der Waals surface area contributed by atoms with E-state index in [2.05, 4.69) is 60.7 Å². The van der Waals surface area contributed by atoms with Gasteiger partial charge in [-0.1, -0.05) is 0 Å². The van der Waals surface area contributed by atoms with E-state index in [1.807, 2.05) is 21.8 Å². The maximum Gasteiger partial charge on any atom is 2.00 e. The van der Waals surface area contributed by atoms with Crippen molar-refractivity contribution in [1.82, 2.24) is 19.6 Å². The average Bonchev–Trinajstić information content (AvgIpc) is 3.34. The molecule has 0 radical (unpaired) electrons. The van der Waals surface area contributed by atoms with Gasteiger partial charge in [0.1, 0.15) is 0 Å². The van der Waals surface area contributed by atoms with Gasteiger partial charge in [-0.05, 0) is 49.2 Å². The predicted molar refractivity (Wildman–Crippen MR) is 99.6 cm³/mol. The molecule has 2 aromatic heterocycles. The summed E-state index contributed by atoms with van der Waals surface area (Å²) in [7, 11) is 0. The maximum atomic E-state index is 4.72. The van der Waals surface area contributed by atoms with E-state index < -0.39 is 0 Å². The summed E-state index contributed by atoms with van der Waals surface area (Å²) in [6, 6.07) is 23.6. The molecule has 8 bridgehead atoms. The summed E-state index contributed by atoms with van der Waals surface area (Å²) in [4.78, 5) is 0. The zero-order valence-electron chi connectivity index (χ0n) is 14.7. The number of aryl methyl sites for hydroxylation is 4. The first-order valence-corrected chi connectivity index (χ1v) is 8.96. The molecule has 0 aliphatic carbocycles. The molecular weight excluding hydrogens is 515 g/mol. The number of hydrogen-bond donors (Lipinski definition) is 0. The van der Waals surface area contributed by atoms with Gasteiger partial charge in [-0.3, -0.25) is 9.36 Å². The van der Waals surface area contributed by atoms with Crippen LogP contribution in [0.2, 0.25) is 0 Å². The molecule has 4 aromatic rings. The van der Waals surface area contributed by atoms with E-state index >= 15 is 0 Å². The Hall–Kier alpha value is -2.45. The third kappa shape index (κ3) is 3.81. The Kier molecular flexibility index (Phi) is 5.09. The third-order valence-electron chi connectivity index (χ3n) is 4.76. The molecule has 0 fully saturated rings. The van der Waals surface area contributed by atoms with Crippen molar-refractivity contribution in [2.24, 2.45) is 0 Å². The van der Waals surface area contributed by atoms with Crippen LogP contribution in [-0.4, -0.2) is 19.6 Å². The summed E-state index contributed by atoms with van der Waals surface area (Å²) in [5, 5.41) is 9.44. The fourth-order valence-corrected chi connectivity index (χ4v) is 3.35. The number of fused-ring (bicyclic) bond motifs is 10. The number of aromatic nitrogens is 4. The van der Waals surface area contributed by atoms with Crippen LogP contribution >= 0.6 is 0 Å². The summed E-state index contributed by atoms with van der Waals surface area (Å²) in [6.45, 7) is 0. The first-order chi connectivity index (χ1) is 12.8. The van der Waals surface area contributed by atoms with Crippen LogP contribution in [-0.2, 0) is 46.7 Å². The van der Waals surface area contributed by atoms with Gasteiger partial charge in [0.25, 0.3) is 0 Å². The molecule has 4 nitrogen and oxygen atoms in total. The van der Waals surface area contributed by atoms with Crippen LogP contribution in [0, 0.1) is 12.1 Å². The van der Waals surface area contributed by atoms with Gasteiger partial charge in [0.2, 0.25) is 0 Å². The molecule has 5 heteroatoms. The fraction of sp³-hybridized carbons (Fsp3) is 0.182. The van der Waals surface area contributed by atoms with Crippen molar-refractivity contribution in [3.8, 4) is 11.4 Å². The quantitative estimate of drug-likeness (QED) is 0.325. The van der Waals surface area contributed by atoms with Crippen molar-refractivity contribution < 1.29 is 21.1 Å². The van der Waals surface area contributed by atoms with E-state index in [1.54, 1.807) is 0 Å². The summed E-state index contributed by atoms with van der Waals surface area (Å²) >= 11 is 0. The Bertz CT molecular complexity index is 978. The second kappa shape index (κ2) is 7.65. The van der Waals surface area contributed by atoms with Crippen LogP contribution in [0.5, 0.6) is 0 Å². The fourth-order valence-electron chi connectivity index (χ4n) is 3.35. The first kappa shape index (κ1) is 17.9. The van der Waals surface area contributed by atoms with Gasteiger partial charge in [0, 0.05) is 12.4 Å². The van der Waals surface area contributed by atoms with Gasteiger partial charge >= 0.3 is 21.1 Å². The van der Waals surface area contributed by atoms with Gasteiger partial charge in [0.05, 0.1) is 11.4 Å². The summed E-state index contributed by atoms with van der Waals surface area (Å²) in [6.07, 6.45) is 7.62. The molecule has 2 aromatic carbocycles. The van der Waals surface area contributed by atoms with Crippen molar-refractivity contribution >= 4 is 0 Å². The number of hydrogen-bond acceptors (Lipinski definition) is 2. The minimum absolute atomic E-state index is 0. The van der Waals surface area contributed by atoms with E-state index in [4.69, 9.17) is 10.2 Å². The molecule has 1 aliphatic heterocycles. The average molecular weight is 533 g/mol. The molecule has 1 aliphatic rings. The zero-order valence-corrected chi connectivity index (χ0v) is 17.0. The van der Waals surface area contributed by atoms with Crippen molar-refractivity contribution in [1.29, 1.82) is 0 Å². The number of rotatable bonds is 0. The second-order valence-electron chi connectivity index (χ2n) is 6.63. The van der Waals surface area contributed by atoms with E-state index in [9.17, 15) is 0 Å². The normalized spacial score (nSPS) is 13.0. The van der Waals surface area contributed by atoms with Crippen molar-refractivity contribution in [3.05, 3.63) is 95.6 Å². The minimum Gasteiger partial charge on any atom is -0.265 e. The third-order valence-corrected chi connectivity index (χ3v) is 4.76. The topological polar surface area (TPSA) is 35.6 Å². The molecule has 0 saturated heterocycles. The van der Waals surface area contributed by atoms with Crippen LogP contribution in [0.15, 0.2) is 60.9 Å². The molecule has 27 heavy (non-hydrogen) atoms. The number of benzene rings is 2. The summed E-state index contributed by atoms with van der Waals surface area (Å²) < 4.78 is 3.83. The van der Waals surface area contributed by atoms with Crippen LogP contribution in [0.4, 0.5) is 0 Å². The summed E-state index contributed by atoms with van der Waals surface area (Å²) in [5.41, 5.74) is 6.48. The molecule has 3 heterocycles.